The molecule has 1 amide bonds. The highest BCUT2D eigenvalue weighted by Crippen LogP contribution is 2.35. The summed E-state index contributed by atoms with van der Waals surface area (Å²) in [5.41, 5.74) is -1.63. The predicted molar refractivity (Wildman–Crippen MR) is 114 cm³/mol. The molecule has 33 heavy (non-hydrogen) atoms. The number of hydrogen-bond acceptors (Lipinski definition) is 10. The Labute approximate surface area is 187 Å². The topological polar surface area (TPSA) is 169 Å². The summed E-state index contributed by atoms with van der Waals surface area (Å²) in [6.45, 7) is 3.02. The van der Waals surface area contributed by atoms with Crippen molar-refractivity contribution in [2.24, 2.45) is 0 Å². The number of carbonyl (C=O) groups excluding carboxylic acids is 2. The van der Waals surface area contributed by atoms with Gasteiger partial charge in [0.1, 0.15) is 17.0 Å². The third kappa shape index (κ3) is 6.29. The van der Waals surface area contributed by atoms with Crippen LogP contribution < -0.4 is 19.5 Å². The van der Waals surface area contributed by atoms with E-state index in [1.807, 2.05) is 0 Å². The largest absolute Gasteiger partial charge is 0.494 e. The first-order valence-electron chi connectivity index (χ1n) is 9.59. The van der Waals surface area contributed by atoms with Crippen LogP contribution in [0.2, 0.25) is 0 Å². The maximum atomic E-state index is 12.4. The van der Waals surface area contributed by atoms with Gasteiger partial charge < -0.3 is 24.3 Å². The smallest absolute Gasteiger partial charge is 0.345 e. The van der Waals surface area contributed by atoms with Crippen molar-refractivity contribution in [2.75, 3.05) is 32.2 Å². The molecule has 0 bridgehead atoms. The number of rotatable bonds is 11. The normalized spacial score (nSPS) is 10.2. The maximum absolute atomic E-state index is 12.4. The zero-order valence-corrected chi connectivity index (χ0v) is 18.0. The van der Waals surface area contributed by atoms with E-state index >= 15 is 0 Å². The molecule has 13 nitrogen and oxygen atoms in total. The summed E-state index contributed by atoms with van der Waals surface area (Å²) in [4.78, 5) is 45.8. The molecule has 2 aromatic rings. The highest BCUT2D eigenvalue weighted by Gasteiger charge is 2.27. The van der Waals surface area contributed by atoms with Gasteiger partial charge in [-0.3, -0.25) is 25.0 Å². The van der Waals surface area contributed by atoms with Crippen LogP contribution in [0.3, 0.4) is 0 Å². The summed E-state index contributed by atoms with van der Waals surface area (Å²) >= 11 is 0. The number of ether oxygens (including phenoxy) is 4. The van der Waals surface area contributed by atoms with Crippen LogP contribution >= 0.6 is 0 Å². The Bertz CT molecular complexity index is 1070. The molecule has 0 saturated heterocycles. The molecule has 0 aliphatic rings. The summed E-state index contributed by atoms with van der Waals surface area (Å²) in [5.74, 6) is -1.70. The number of nitro benzene ring substituents is 2. The molecule has 0 saturated carbocycles. The van der Waals surface area contributed by atoms with Gasteiger partial charge in [-0.2, -0.15) is 0 Å². The number of anilines is 1. The van der Waals surface area contributed by atoms with E-state index < -0.39 is 45.3 Å². The SMILES string of the molecule is CCOc1ccc(NC(=O)COC(=O)c2cc(OCC)c(OC)cc2[N+](=O)[O-])c([N+](=O)[O-])c1. The molecule has 0 aromatic heterocycles. The van der Waals surface area contributed by atoms with Crippen molar-refractivity contribution in [3.8, 4) is 17.2 Å². The van der Waals surface area contributed by atoms with E-state index in [2.05, 4.69) is 5.32 Å². The van der Waals surface area contributed by atoms with Crippen LogP contribution in [0.25, 0.3) is 0 Å². The molecule has 0 heterocycles. The number of hydrogen-bond donors (Lipinski definition) is 1. The number of nitrogens with zero attached hydrogens (tertiary/aromatic N) is 2. The lowest BCUT2D eigenvalue weighted by molar-refractivity contribution is -0.385. The van der Waals surface area contributed by atoms with E-state index in [9.17, 15) is 29.8 Å². The van der Waals surface area contributed by atoms with Gasteiger partial charge in [-0.1, -0.05) is 0 Å². The van der Waals surface area contributed by atoms with E-state index in [1.165, 1.54) is 19.2 Å². The second-order valence-corrected chi connectivity index (χ2v) is 6.20. The Morgan fingerprint density at radius 1 is 0.939 bits per heavy atom. The standard InChI is InChI=1S/C20H21N3O10/c1-4-31-12-6-7-14(16(8-12)23(28)29)21-19(24)11-33-20(25)13-9-18(32-5-2)17(30-3)10-15(13)22(26)27/h6-10H,4-5,11H2,1-3H3,(H,21,24). The first-order valence-corrected chi connectivity index (χ1v) is 9.59. The minimum absolute atomic E-state index is 0.0423. The van der Waals surface area contributed by atoms with Gasteiger partial charge in [0.2, 0.25) is 0 Å². The van der Waals surface area contributed by atoms with Gasteiger partial charge in [0.25, 0.3) is 17.3 Å². The van der Waals surface area contributed by atoms with Crippen molar-refractivity contribution in [1.29, 1.82) is 0 Å². The average Bonchev–Trinajstić information content (AvgIpc) is 2.78. The van der Waals surface area contributed by atoms with Crippen LogP contribution in [0.5, 0.6) is 17.2 Å². The van der Waals surface area contributed by atoms with Crippen LogP contribution in [0.1, 0.15) is 24.2 Å². The molecule has 0 unspecified atom stereocenters. The van der Waals surface area contributed by atoms with Crippen molar-refractivity contribution in [2.45, 2.75) is 13.8 Å². The van der Waals surface area contributed by atoms with E-state index in [4.69, 9.17) is 18.9 Å². The van der Waals surface area contributed by atoms with Crippen molar-refractivity contribution >= 4 is 28.9 Å². The van der Waals surface area contributed by atoms with Gasteiger partial charge in [0.15, 0.2) is 18.1 Å². The van der Waals surface area contributed by atoms with Crippen molar-refractivity contribution in [3.63, 3.8) is 0 Å². The summed E-state index contributed by atoms with van der Waals surface area (Å²) in [6.07, 6.45) is 0. The molecular weight excluding hydrogens is 442 g/mol. The van der Waals surface area contributed by atoms with E-state index in [0.29, 0.717) is 6.61 Å². The monoisotopic (exact) mass is 463 g/mol. The third-order valence-electron chi connectivity index (χ3n) is 4.08. The molecule has 0 spiro atoms. The molecular formula is C20H21N3O10. The van der Waals surface area contributed by atoms with Crippen LogP contribution in [0.15, 0.2) is 30.3 Å². The summed E-state index contributed by atoms with van der Waals surface area (Å²) in [7, 11) is 1.28. The van der Waals surface area contributed by atoms with Gasteiger partial charge >= 0.3 is 5.97 Å². The first-order chi connectivity index (χ1) is 15.7. The number of amides is 1. The van der Waals surface area contributed by atoms with Gasteiger partial charge in [-0.25, -0.2) is 4.79 Å². The van der Waals surface area contributed by atoms with Gasteiger partial charge in [0, 0.05) is 6.07 Å². The molecule has 1 N–H and O–H groups in total. The average molecular weight is 463 g/mol. The molecule has 0 atom stereocenters. The zero-order valence-electron chi connectivity index (χ0n) is 18.0. The minimum Gasteiger partial charge on any atom is -0.494 e. The Hall–Kier alpha value is -4.42. The minimum atomic E-state index is -1.17. The summed E-state index contributed by atoms with van der Waals surface area (Å²) in [6, 6.07) is 5.92. The lowest BCUT2D eigenvalue weighted by atomic mass is 10.1. The van der Waals surface area contributed by atoms with Crippen molar-refractivity contribution < 1.29 is 38.4 Å². The Morgan fingerprint density at radius 2 is 1.61 bits per heavy atom. The number of methoxy groups -OCH3 is 1. The Balaban J connectivity index is 2.18. The lowest BCUT2D eigenvalue weighted by Gasteiger charge is -2.12. The number of nitrogens with one attached hydrogen (secondary N) is 1. The molecule has 13 heteroatoms. The number of nitro groups is 2. The second kappa shape index (κ2) is 11.3. The molecule has 2 rings (SSSR count). The van der Waals surface area contributed by atoms with Gasteiger partial charge in [-0.15, -0.1) is 0 Å². The Morgan fingerprint density at radius 3 is 2.18 bits per heavy atom. The van der Waals surface area contributed by atoms with E-state index in [1.54, 1.807) is 13.8 Å². The zero-order chi connectivity index (χ0) is 24.5. The summed E-state index contributed by atoms with van der Waals surface area (Å²) < 4.78 is 20.4. The van der Waals surface area contributed by atoms with Crippen LogP contribution in [-0.4, -0.2) is 48.7 Å². The van der Waals surface area contributed by atoms with E-state index in [0.717, 1.165) is 18.2 Å². The number of carbonyl (C=O) groups is 2. The molecule has 0 fully saturated rings. The lowest BCUT2D eigenvalue weighted by Crippen LogP contribution is -2.22. The highest BCUT2D eigenvalue weighted by atomic mass is 16.6. The maximum Gasteiger partial charge on any atom is 0.345 e. The third-order valence-corrected chi connectivity index (χ3v) is 4.08. The first kappa shape index (κ1) is 24.8. The predicted octanol–water partition coefficient (Wildman–Crippen LogP) is 3.10. The molecule has 0 aliphatic carbocycles. The van der Waals surface area contributed by atoms with Gasteiger partial charge in [0.05, 0.1) is 42.3 Å². The summed E-state index contributed by atoms with van der Waals surface area (Å²) in [5, 5.41) is 24.9. The van der Waals surface area contributed by atoms with Crippen LogP contribution in [0.4, 0.5) is 17.1 Å². The second-order valence-electron chi connectivity index (χ2n) is 6.20. The molecule has 2 aromatic carbocycles. The fourth-order valence-electron chi connectivity index (χ4n) is 2.71. The van der Waals surface area contributed by atoms with Crippen molar-refractivity contribution in [1.82, 2.24) is 0 Å². The van der Waals surface area contributed by atoms with E-state index in [-0.39, 0.29) is 29.5 Å². The quantitative estimate of drug-likeness (QED) is 0.297. The fourth-order valence-corrected chi connectivity index (χ4v) is 2.71. The number of esters is 1. The highest BCUT2D eigenvalue weighted by molar-refractivity contribution is 5.99. The van der Waals surface area contributed by atoms with Gasteiger partial charge in [-0.05, 0) is 26.0 Å². The molecule has 176 valence electrons. The fraction of sp³-hybridized carbons (Fsp3) is 0.300. The van der Waals surface area contributed by atoms with Crippen molar-refractivity contribution in [3.05, 3.63) is 56.1 Å². The molecule has 0 aliphatic heterocycles. The Kier molecular flexibility index (Phi) is 8.49. The molecule has 0 radical (unpaired) electrons. The van der Waals surface area contributed by atoms with Crippen LogP contribution in [-0.2, 0) is 9.53 Å². The van der Waals surface area contributed by atoms with Crippen LogP contribution in [0, 0.1) is 20.2 Å². The number of benzene rings is 2.